The molecule has 0 radical (unpaired) electrons. The van der Waals surface area contributed by atoms with Gasteiger partial charge in [0.1, 0.15) is 5.82 Å². The Kier molecular flexibility index (Phi) is 7.19. The lowest BCUT2D eigenvalue weighted by molar-refractivity contribution is -0.132. The molecule has 22 heavy (non-hydrogen) atoms. The van der Waals surface area contributed by atoms with Crippen molar-refractivity contribution in [2.75, 3.05) is 31.9 Å². The molecule has 5 heteroatoms. The summed E-state index contributed by atoms with van der Waals surface area (Å²) in [5.41, 5.74) is 0. The van der Waals surface area contributed by atoms with Gasteiger partial charge in [0, 0.05) is 30.2 Å². The molecule has 0 aliphatic carbocycles. The predicted octanol–water partition coefficient (Wildman–Crippen LogP) is 3.16. The van der Waals surface area contributed by atoms with Crippen LogP contribution in [0, 0.1) is 11.7 Å². The highest BCUT2D eigenvalue weighted by atomic mass is 32.2. The molecule has 0 atom stereocenters. The maximum atomic E-state index is 12.8. The molecule has 1 heterocycles. The molecule has 122 valence electrons. The maximum Gasteiger partial charge on any atom is 0.223 e. The molecule has 1 amide bonds. The number of piperidine rings is 1. The lowest BCUT2D eigenvalue weighted by Crippen LogP contribution is -2.40. The molecule has 0 aromatic heterocycles. The van der Waals surface area contributed by atoms with Crippen LogP contribution >= 0.6 is 11.8 Å². The zero-order chi connectivity index (χ0) is 15.8. The predicted molar refractivity (Wildman–Crippen MR) is 89.6 cm³/mol. The van der Waals surface area contributed by atoms with Crippen molar-refractivity contribution in [3.05, 3.63) is 30.1 Å². The number of halogens is 1. The number of amides is 1. The highest BCUT2D eigenvalue weighted by Crippen LogP contribution is 2.21. The number of benzene rings is 1. The Bertz CT molecular complexity index is 458. The Morgan fingerprint density at radius 2 is 2.00 bits per heavy atom. The quantitative estimate of drug-likeness (QED) is 0.782. The van der Waals surface area contributed by atoms with Gasteiger partial charge >= 0.3 is 0 Å². The second-order valence-corrected chi connectivity index (χ2v) is 6.85. The van der Waals surface area contributed by atoms with Crippen molar-refractivity contribution in [3.8, 4) is 0 Å². The average Bonchev–Trinajstić information content (AvgIpc) is 2.55. The van der Waals surface area contributed by atoms with Gasteiger partial charge in [0.25, 0.3) is 0 Å². The van der Waals surface area contributed by atoms with E-state index in [-0.39, 0.29) is 11.7 Å². The van der Waals surface area contributed by atoms with E-state index in [1.807, 2.05) is 4.90 Å². The fourth-order valence-electron chi connectivity index (χ4n) is 2.68. The highest BCUT2D eigenvalue weighted by molar-refractivity contribution is 7.99. The number of carbonyl (C=O) groups excluding carboxylic acids is 1. The first-order chi connectivity index (χ1) is 10.7. The minimum Gasteiger partial charge on any atom is -0.343 e. The van der Waals surface area contributed by atoms with Gasteiger partial charge in [-0.25, -0.2) is 4.39 Å². The molecule has 1 fully saturated rings. The molecule has 1 N–H and O–H groups in total. The molecule has 3 nitrogen and oxygen atoms in total. The summed E-state index contributed by atoms with van der Waals surface area (Å²) in [5, 5.41) is 3.38. The van der Waals surface area contributed by atoms with Gasteiger partial charge in [-0.1, -0.05) is 6.92 Å². The van der Waals surface area contributed by atoms with Crippen LogP contribution in [-0.2, 0) is 4.79 Å². The molecule has 1 aromatic rings. The molecule has 0 unspecified atom stereocenters. The monoisotopic (exact) mass is 324 g/mol. The second-order valence-electron chi connectivity index (χ2n) is 5.68. The number of nitrogens with zero attached hydrogens (tertiary/aromatic N) is 1. The highest BCUT2D eigenvalue weighted by Gasteiger charge is 2.21. The fourth-order valence-corrected chi connectivity index (χ4v) is 3.52. The summed E-state index contributed by atoms with van der Waals surface area (Å²) in [6.45, 7) is 5.97. The van der Waals surface area contributed by atoms with E-state index in [0.29, 0.717) is 12.3 Å². The van der Waals surface area contributed by atoms with Crippen LogP contribution in [0.15, 0.2) is 29.2 Å². The topological polar surface area (TPSA) is 32.3 Å². The molecule has 0 spiro atoms. The Balaban J connectivity index is 1.64. The summed E-state index contributed by atoms with van der Waals surface area (Å²) in [6.07, 6.45) is 2.76. The van der Waals surface area contributed by atoms with Crippen molar-refractivity contribution in [1.29, 1.82) is 0 Å². The zero-order valence-electron chi connectivity index (χ0n) is 13.2. The summed E-state index contributed by atoms with van der Waals surface area (Å²) in [5.74, 6) is 1.48. The number of thioether (sulfide) groups is 1. The van der Waals surface area contributed by atoms with Crippen molar-refractivity contribution in [1.82, 2.24) is 10.2 Å². The van der Waals surface area contributed by atoms with E-state index in [1.165, 1.54) is 12.1 Å². The third-order valence-corrected chi connectivity index (χ3v) is 5.06. The van der Waals surface area contributed by atoms with Gasteiger partial charge in [-0.15, -0.1) is 11.8 Å². The molecular weight excluding hydrogens is 299 g/mol. The number of carbonyl (C=O) groups is 1. The van der Waals surface area contributed by atoms with Crippen molar-refractivity contribution >= 4 is 17.7 Å². The van der Waals surface area contributed by atoms with Crippen LogP contribution in [0.5, 0.6) is 0 Å². The first-order valence-electron chi connectivity index (χ1n) is 8.06. The molecule has 2 rings (SSSR count). The van der Waals surface area contributed by atoms with Gasteiger partial charge in [0.15, 0.2) is 0 Å². The van der Waals surface area contributed by atoms with Gasteiger partial charge in [-0.2, -0.15) is 0 Å². The van der Waals surface area contributed by atoms with Crippen molar-refractivity contribution < 1.29 is 9.18 Å². The molecule has 0 bridgehead atoms. The summed E-state index contributed by atoms with van der Waals surface area (Å²) in [6, 6.07) is 6.44. The Labute approximate surface area is 136 Å². The zero-order valence-corrected chi connectivity index (χ0v) is 14.0. The van der Waals surface area contributed by atoms with Crippen molar-refractivity contribution in [2.24, 2.45) is 5.92 Å². The molecular formula is C17H25FN2OS. The molecule has 1 aliphatic rings. The van der Waals surface area contributed by atoms with Crippen LogP contribution in [0.25, 0.3) is 0 Å². The molecule has 1 aromatic carbocycles. The largest absolute Gasteiger partial charge is 0.343 e. The van der Waals surface area contributed by atoms with Gasteiger partial charge in [0.05, 0.1) is 0 Å². The van der Waals surface area contributed by atoms with Crippen LogP contribution in [-0.4, -0.2) is 42.7 Å². The number of nitrogens with one attached hydrogen (secondary N) is 1. The molecule has 0 saturated carbocycles. The smallest absolute Gasteiger partial charge is 0.223 e. The number of hydrogen-bond donors (Lipinski definition) is 1. The number of likely N-dealkylation sites (tertiary alicyclic amines) is 1. The number of rotatable bonds is 7. The Hall–Kier alpha value is -1.07. The van der Waals surface area contributed by atoms with Crippen molar-refractivity contribution in [2.45, 2.75) is 31.1 Å². The third kappa shape index (κ3) is 5.61. The van der Waals surface area contributed by atoms with E-state index in [4.69, 9.17) is 0 Å². The van der Waals surface area contributed by atoms with Crippen LogP contribution in [0.4, 0.5) is 4.39 Å². The van der Waals surface area contributed by atoms with E-state index in [2.05, 4.69) is 12.2 Å². The van der Waals surface area contributed by atoms with Gasteiger partial charge in [-0.05, 0) is 56.1 Å². The third-order valence-electron chi connectivity index (χ3n) is 4.05. The van der Waals surface area contributed by atoms with E-state index in [9.17, 15) is 9.18 Å². The van der Waals surface area contributed by atoms with Crippen LogP contribution in [0.1, 0.15) is 26.2 Å². The Morgan fingerprint density at radius 3 is 2.64 bits per heavy atom. The summed E-state index contributed by atoms with van der Waals surface area (Å²) in [7, 11) is 0. The minimum atomic E-state index is -0.221. The summed E-state index contributed by atoms with van der Waals surface area (Å²) < 4.78 is 12.8. The molecule has 1 saturated heterocycles. The average molecular weight is 324 g/mol. The van der Waals surface area contributed by atoms with Crippen molar-refractivity contribution in [3.63, 3.8) is 0 Å². The van der Waals surface area contributed by atoms with Gasteiger partial charge in [-0.3, -0.25) is 4.79 Å². The molecule has 1 aliphatic heterocycles. The van der Waals surface area contributed by atoms with Crippen LogP contribution in [0.2, 0.25) is 0 Å². The van der Waals surface area contributed by atoms with E-state index in [0.717, 1.165) is 49.7 Å². The summed E-state index contributed by atoms with van der Waals surface area (Å²) in [4.78, 5) is 15.2. The first-order valence-corrected chi connectivity index (χ1v) is 9.04. The van der Waals surface area contributed by atoms with Crippen LogP contribution in [0.3, 0.4) is 0 Å². The standard InChI is InChI=1S/C17H25FN2OS/c1-2-19-13-14-7-10-20(11-8-14)17(21)9-12-22-16-5-3-15(18)4-6-16/h3-6,14,19H,2,7-13H2,1H3. The maximum absolute atomic E-state index is 12.8. The van der Waals surface area contributed by atoms with E-state index < -0.39 is 0 Å². The lowest BCUT2D eigenvalue weighted by atomic mass is 9.96. The van der Waals surface area contributed by atoms with E-state index in [1.54, 1.807) is 23.9 Å². The minimum absolute atomic E-state index is 0.221. The van der Waals surface area contributed by atoms with Crippen LogP contribution < -0.4 is 5.32 Å². The van der Waals surface area contributed by atoms with E-state index >= 15 is 0 Å². The second kappa shape index (κ2) is 9.16. The SMILES string of the molecule is CCNCC1CCN(C(=O)CCSc2ccc(F)cc2)CC1. The Morgan fingerprint density at radius 1 is 1.32 bits per heavy atom. The van der Waals surface area contributed by atoms with Gasteiger partial charge < -0.3 is 10.2 Å². The number of hydrogen-bond acceptors (Lipinski definition) is 3. The van der Waals surface area contributed by atoms with Gasteiger partial charge in [0.2, 0.25) is 5.91 Å². The normalized spacial score (nSPS) is 16.0. The first kappa shape index (κ1) is 17.3. The summed E-state index contributed by atoms with van der Waals surface area (Å²) >= 11 is 1.61. The lowest BCUT2D eigenvalue weighted by Gasteiger charge is -2.32. The fraction of sp³-hybridized carbons (Fsp3) is 0.588.